The first kappa shape index (κ1) is 16.2. The molecule has 0 saturated heterocycles. The number of anilines is 1. The van der Waals surface area contributed by atoms with Crippen molar-refractivity contribution in [2.24, 2.45) is 0 Å². The van der Waals surface area contributed by atoms with Gasteiger partial charge in [0.15, 0.2) is 11.5 Å². The Morgan fingerprint density at radius 3 is 2.58 bits per heavy atom. The van der Waals surface area contributed by atoms with Crippen LogP contribution in [0.1, 0.15) is 41.5 Å². The van der Waals surface area contributed by atoms with E-state index in [-0.39, 0.29) is 18.2 Å². The molecule has 0 aliphatic carbocycles. The molecule has 0 fully saturated rings. The van der Waals surface area contributed by atoms with E-state index in [1.165, 1.54) is 0 Å². The predicted molar refractivity (Wildman–Crippen MR) is 93.8 cm³/mol. The first-order valence-corrected chi connectivity index (χ1v) is 8.01. The fourth-order valence-electron chi connectivity index (χ4n) is 2.82. The zero-order chi connectivity index (χ0) is 17.3. The largest absolute Gasteiger partial charge is 0.493 e. The second kappa shape index (κ2) is 6.43. The molecule has 2 aromatic carbocycles. The Morgan fingerprint density at radius 2 is 1.88 bits per heavy atom. The van der Waals surface area contributed by atoms with E-state index < -0.39 is 0 Å². The van der Waals surface area contributed by atoms with Crippen LogP contribution in [0.25, 0.3) is 0 Å². The van der Waals surface area contributed by atoms with Gasteiger partial charge in [-0.1, -0.05) is 18.2 Å². The van der Waals surface area contributed by atoms with Gasteiger partial charge in [0.05, 0.1) is 24.5 Å². The molecule has 24 heavy (non-hydrogen) atoms. The van der Waals surface area contributed by atoms with Crippen molar-refractivity contribution < 1.29 is 14.3 Å². The van der Waals surface area contributed by atoms with Gasteiger partial charge in [-0.2, -0.15) is 0 Å². The molecule has 0 saturated carbocycles. The summed E-state index contributed by atoms with van der Waals surface area (Å²) < 4.78 is 11.2. The topological polar surface area (TPSA) is 59.6 Å². The maximum atomic E-state index is 12.4. The van der Waals surface area contributed by atoms with Crippen LogP contribution in [0.2, 0.25) is 0 Å². The summed E-state index contributed by atoms with van der Waals surface area (Å²) in [5.74, 6) is 1.25. The van der Waals surface area contributed by atoms with E-state index >= 15 is 0 Å². The van der Waals surface area contributed by atoms with Gasteiger partial charge >= 0.3 is 0 Å². The summed E-state index contributed by atoms with van der Waals surface area (Å²) in [5.41, 5.74) is 3.48. The summed E-state index contributed by atoms with van der Waals surface area (Å²) in [6.07, 6.45) is -0.250. The molecule has 1 aliphatic heterocycles. The molecule has 1 unspecified atom stereocenters. The minimum atomic E-state index is -0.312. The van der Waals surface area contributed by atoms with E-state index in [4.69, 9.17) is 9.47 Å². The van der Waals surface area contributed by atoms with Crippen LogP contribution >= 0.6 is 0 Å². The van der Waals surface area contributed by atoms with Crippen molar-refractivity contribution in [2.75, 3.05) is 12.4 Å². The van der Waals surface area contributed by atoms with Crippen molar-refractivity contribution in [3.63, 3.8) is 0 Å². The number of hydrogen-bond donors (Lipinski definition) is 2. The van der Waals surface area contributed by atoms with Crippen molar-refractivity contribution >= 4 is 11.6 Å². The number of amides is 1. The molecule has 1 aliphatic rings. The Morgan fingerprint density at radius 1 is 1.08 bits per heavy atom. The molecular formula is C19H22N2O3. The van der Waals surface area contributed by atoms with Gasteiger partial charge in [0.25, 0.3) is 5.91 Å². The average Bonchev–Trinajstić information content (AvgIpc) is 2.55. The molecule has 0 spiro atoms. The smallest absolute Gasteiger partial charge is 0.255 e. The molecule has 0 bridgehead atoms. The molecule has 2 aromatic rings. The quantitative estimate of drug-likeness (QED) is 0.900. The number of para-hydroxylation sites is 1. The lowest BCUT2D eigenvalue weighted by atomic mass is 10.0. The maximum absolute atomic E-state index is 12.4. The van der Waals surface area contributed by atoms with E-state index in [1.54, 1.807) is 7.11 Å². The number of carbonyl (C=O) groups excluding carboxylic acids is 1. The maximum Gasteiger partial charge on any atom is 0.255 e. The number of benzene rings is 2. The molecular weight excluding hydrogens is 304 g/mol. The van der Waals surface area contributed by atoms with E-state index in [2.05, 4.69) is 10.6 Å². The molecule has 1 heterocycles. The lowest BCUT2D eigenvalue weighted by molar-refractivity contribution is 0.0935. The van der Waals surface area contributed by atoms with Crippen LogP contribution in [0, 0.1) is 6.92 Å². The van der Waals surface area contributed by atoms with Gasteiger partial charge in [-0.05, 0) is 50.1 Å². The third kappa shape index (κ3) is 3.02. The number of fused-ring (bicyclic) bond motifs is 1. The lowest BCUT2D eigenvalue weighted by Gasteiger charge is -2.29. The van der Waals surface area contributed by atoms with Crippen LogP contribution in [0.15, 0.2) is 36.4 Å². The Labute approximate surface area is 142 Å². The van der Waals surface area contributed by atoms with Crippen LogP contribution in [-0.4, -0.2) is 19.1 Å². The first-order valence-electron chi connectivity index (χ1n) is 8.01. The highest BCUT2D eigenvalue weighted by molar-refractivity contribution is 6.02. The van der Waals surface area contributed by atoms with Gasteiger partial charge in [-0.25, -0.2) is 0 Å². The number of nitrogens with one attached hydrogen (secondary N) is 2. The van der Waals surface area contributed by atoms with E-state index in [1.807, 2.05) is 57.2 Å². The second-order valence-electron chi connectivity index (χ2n) is 6.13. The molecule has 0 aromatic heterocycles. The van der Waals surface area contributed by atoms with Gasteiger partial charge in [0, 0.05) is 0 Å². The zero-order valence-electron chi connectivity index (χ0n) is 14.3. The van der Waals surface area contributed by atoms with Crippen LogP contribution in [-0.2, 0) is 0 Å². The molecule has 3 rings (SSSR count). The molecule has 1 amide bonds. The first-order chi connectivity index (χ1) is 11.5. The van der Waals surface area contributed by atoms with Crippen LogP contribution < -0.4 is 20.1 Å². The summed E-state index contributed by atoms with van der Waals surface area (Å²) in [6, 6.07) is 11.4. The number of aryl methyl sites for hydroxylation is 1. The summed E-state index contributed by atoms with van der Waals surface area (Å²) in [4.78, 5) is 12.4. The number of rotatable bonds is 4. The zero-order valence-corrected chi connectivity index (χ0v) is 14.3. The molecule has 1 atom stereocenters. The van der Waals surface area contributed by atoms with Crippen LogP contribution in [0.4, 0.5) is 5.69 Å². The SMILES string of the molecule is COc1cc(C2NC(=O)c3cccc(C)c3N2)ccc1OC(C)C. The number of hydrogen-bond acceptors (Lipinski definition) is 4. The summed E-state index contributed by atoms with van der Waals surface area (Å²) in [5, 5.41) is 6.38. The summed E-state index contributed by atoms with van der Waals surface area (Å²) >= 11 is 0. The molecule has 5 nitrogen and oxygen atoms in total. The summed E-state index contributed by atoms with van der Waals surface area (Å²) in [6.45, 7) is 5.92. The van der Waals surface area contributed by atoms with Crippen LogP contribution in [0.5, 0.6) is 11.5 Å². The van der Waals surface area contributed by atoms with Crippen molar-refractivity contribution in [3.8, 4) is 11.5 Å². The highest BCUT2D eigenvalue weighted by atomic mass is 16.5. The van der Waals surface area contributed by atoms with Crippen LogP contribution in [0.3, 0.4) is 0 Å². The molecule has 2 N–H and O–H groups in total. The second-order valence-corrected chi connectivity index (χ2v) is 6.13. The molecule has 126 valence electrons. The van der Waals surface area contributed by atoms with E-state index in [9.17, 15) is 4.79 Å². The van der Waals surface area contributed by atoms with Crippen molar-refractivity contribution in [1.82, 2.24) is 5.32 Å². The van der Waals surface area contributed by atoms with Gasteiger partial charge in [-0.3, -0.25) is 4.79 Å². The molecule has 0 radical (unpaired) electrons. The van der Waals surface area contributed by atoms with Crippen molar-refractivity contribution in [1.29, 1.82) is 0 Å². The van der Waals surface area contributed by atoms with Gasteiger partial charge in [0.2, 0.25) is 0 Å². The average molecular weight is 326 g/mol. The van der Waals surface area contributed by atoms with Crippen molar-refractivity contribution in [2.45, 2.75) is 33.0 Å². The minimum Gasteiger partial charge on any atom is -0.493 e. The standard InChI is InChI=1S/C19H22N2O3/c1-11(2)24-15-9-8-13(10-16(15)23-4)18-20-17-12(3)6-5-7-14(17)19(22)21-18/h5-11,18,20H,1-4H3,(H,21,22). The Hall–Kier alpha value is -2.69. The Kier molecular flexibility index (Phi) is 4.34. The normalized spacial score (nSPS) is 16.2. The lowest BCUT2D eigenvalue weighted by Crippen LogP contribution is -2.38. The van der Waals surface area contributed by atoms with Crippen molar-refractivity contribution in [3.05, 3.63) is 53.1 Å². The van der Waals surface area contributed by atoms with Gasteiger partial charge in [0.1, 0.15) is 6.17 Å². The Bertz CT molecular complexity index is 771. The highest BCUT2D eigenvalue weighted by Gasteiger charge is 2.26. The summed E-state index contributed by atoms with van der Waals surface area (Å²) in [7, 11) is 1.61. The monoisotopic (exact) mass is 326 g/mol. The van der Waals surface area contributed by atoms with E-state index in [0.29, 0.717) is 17.1 Å². The third-order valence-electron chi connectivity index (χ3n) is 3.97. The highest BCUT2D eigenvalue weighted by Crippen LogP contribution is 2.34. The number of methoxy groups -OCH3 is 1. The minimum absolute atomic E-state index is 0.0618. The Balaban J connectivity index is 1.93. The molecule has 5 heteroatoms. The van der Waals surface area contributed by atoms with Gasteiger partial charge in [-0.15, -0.1) is 0 Å². The fourth-order valence-corrected chi connectivity index (χ4v) is 2.82. The van der Waals surface area contributed by atoms with E-state index in [0.717, 1.165) is 16.8 Å². The fraction of sp³-hybridized carbons (Fsp3) is 0.316. The van der Waals surface area contributed by atoms with Gasteiger partial charge < -0.3 is 20.1 Å². The number of carbonyl (C=O) groups is 1. The predicted octanol–water partition coefficient (Wildman–Crippen LogP) is 3.64. The third-order valence-corrected chi connectivity index (χ3v) is 3.97. The number of ether oxygens (including phenoxy) is 2.